The number of ether oxygens (including phenoxy) is 1. The molecule has 1 N–H and O–H groups in total. The molecule has 0 radical (unpaired) electrons. The van der Waals surface area contributed by atoms with E-state index < -0.39 is 0 Å². The minimum Gasteiger partial charge on any atom is -0.493 e. The zero-order valence-corrected chi connectivity index (χ0v) is 12.1. The average molecular weight is 292 g/mol. The summed E-state index contributed by atoms with van der Waals surface area (Å²) in [6, 6.07) is 17.0. The molecule has 0 aliphatic carbocycles. The van der Waals surface area contributed by atoms with Gasteiger partial charge in [-0.15, -0.1) is 0 Å². The second-order valence-electron chi connectivity index (χ2n) is 5.23. The molecule has 1 atom stereocenters. The van der Waals surface area contributed by atoms with E-state index in [1.54, 1.807) is 12.1 Å². The van der Waals surface area contributed by atoms with E-state index in [9.17, 15) is 4.79 Å². The van der Waals surface area contributed by atoms with Gasteiger partial charge in [-0.3, -0.25) is 4.79 Å². The summed E-state index contributed by atoms with van der Waals surface area (Å²) < 4.78 is 5.60. The Balaban J connectivity index is 1.74. The van der Waals surface area contributed by atoms with Crippen molar-refractivity contribution in [3.8, 4) is 11.8 Å². The van der Waals surface area contributed by atoms with Gasteiger partial charge >= 0.3 is 0 Å². The Bertz CT molecular complexity index is 717. The van der Waals surface area contributed by atoms with Crippen LogP contribution in [0.3, 0.4) is 0 Å². The average Bonchev–Trinajstić information content (AvgIpc) is 2.56. The molecule has 4 nitrogen and oxygen atoms in total. The van der Waals surface area contributed by atoms with Gasteiger partial charge in [-0.1, -0.05) is 30.3 Å². The maximum Gasteiger partial charge on any atom is 0.251 e. The zero-order valence-electron chi connectivity index (χ0n) is 12.1. The van der Waals surface area contributed by atoms with E-state index in [1.165, 1.54) is 0 Å². The summed E-state index contributed by atoms with van der Waals surface area (Å²) in [5.74, 6) is 0.730. The van der Waals surface area contributed by atoms with Crippen LogP contribution in [-0.2, 0) is 6.42 Å². The molecule has 110 valence electrons. The van der Waals surface area contributed by atoms with Crippen molar-refractivity contribution in [3.63, 3.8) is 0 Å². The van der Waals surface area contributed by atoms with Crippen LogP contribution in [0, 0.1) is 11.3 Å². The Morgan fingerprint density at radius 2 is 2.00 bits per heavy atom. The summed E-state index contributed by atoms with van der Waals surface area (Å²) in [5.41, 5.74) is 2.53. The molecule has 22 heavy (non-hydrogen) atoms. The number of carbonyl (C=O) groups excluding carboxylic acids is 1. The molecule has 4 heteroatoms. The van der Waals surface area contributed by atoms with Crippen molar-refractivity contribution in [3.05, 3.63) is 65.2 Å². The lowest BCUT2D eigenvalue weighted by Crippen LogP contribution is -2.32. The Morgan fingerprint density at radius 3 is 2.77 bits per heavy atom. The number of nitriles is 1. The minimum atomic E-state index is -0.106. The summed E-state index contributed by atoms with van der Waals surface area (Å²) in [6.45, 7) is 0.600. The van der Waals surface area contributed by atoms with Crippen LogP contribution >= 0.6 is 0 Å². The highest BCUT2D eigenvalue weighted by atomic mass is 16.5. The molecule has 0 saturated carbocycles. The van der Waals surface area contributed by atoms with Crippen molar-refractivity contribution in [2.24, 2.45) is 0 Å². The van der Waals surface area contributed by atoms with Crippen molar-refractivity contribution < 1.29 is 9.53 Å². The minimum absolute atomic E-state index is 0.0313. The SMILES string of the molecule is N#CCc1ccc(C(=O)N[C@H]2CCOc3ccccc32)cc1. The Kier molecular flexibility index (Phi) is 4.06. The third-order valence-electron chi connectivity index (χ3n) is 3.76. The smallest absolute Gasteiger partial charge is 0.251 e. The van der Waals surface area contributed by atoms with Gasteiger partial charge in [0.2, 0.25) is 0 Å². The van der Waals surface area contributed by atoms with Gasteiger partial charge in [-0.05, 0) is 23.8 Å². The van der Waals surface area contributed by atoms with Gasteiger partial charge in [-0.2, -0.15) is 5.26 Å². The van der Waals surface area contributed by atoms with Gasteiger partial charge in [0.1, 0.15) is 5.75 Å². The van der Waals surface area contributed by atoms with Gasteiger partial charge in [0.25, 0.3) is 5.91 Å². The standard InChI is InChI=1S/C18H16N2O2/c19-11-9-13-5-7-14(8-6-13)18(21)20-16-10-12-22-17-4-2-1-3-15(16)17/h1-8,16H,9-10,12H2,(H,20,21)/t16-/m0/s1. The van der Waals surface area contributed by atoms with Gasteiger partial charge in [0.15, 0.2) is 0 Å². The van der Waals surface area contributed by atoms with Crippen LogP contribution < -0.4 is 10.1 Å². The third-order valence-corrected chi connectivity index (χ3v) is 3.76. The second kappa shape index (κ2) is 6.31. The van der Waals surface area contributed by atoms with Gasteiger partial charge < -0.3 is 10.1 Å². The molecule has 1 aliphatic rings. The lowest BCUT2D eigenvalue weighted by Gasteiger charge is -2.26. The first-order valence-corrected chi connectivity index (χ1v) is 7.26. The molecule has 1 amide bonds. The van der Waals surface area contributed by atoms with Crippen LogP contribution in [-0.4, -0.2) is 12.5 Å². The summed E-state index contributed by atoms with van der Waals surface area (Å²) in [6.07, 6.45) is 1.12. The Labute approximate surface area is 129 Å². The number of hydrogen-bond acceptors (Lipinski definition) is 3. The van der Waals surface area contributed by atoms with E-state index >= 15 is 0 Å². The highest BCUT2D eigenvalue weighted by molar-refractivity contribution is 5.94. The van der Waals surface area contributed by atoms with E-state index in [4.69, 9.17) is 10.00 Å². The molecule has 0 spiro atoms. The van der Waals surface area contributed by atoms with Gasteiger partial charge in [0, 0.05) is 17.5 Å². The maximum atomic E-state index is 12.4. The number of para-hydroxylation sites is 1. The fourth-order valence-electron chi connectivity index (χ4n) is 2.60. The molecule has 0 unspecified atom stereocenters. The number of nitrogens with one attached hydrogen (secondary N) is 1. The van der Waals surface area contributed by atoms with E-state index in [0.29, 0.717) is 18.6 Å². The molecule has 1 aliphatic heterocycles. The maximum absolute atomic E-state index is 12.4. The number of carbonyl (C=O) groups is 1. The molecule has 0 fully saturated rings. The van der Waals surface area contributed by atoms with Crippen molar-refractivity contribution in [2.45, 2.75) is 18.9 Å². The summed E-state index contributed by atoms with van der Waals surface area (Å²) in [5, 5.41) is 11.7. The van der Waals surface area contributed by atoms with Crippen LogP contribution in [0.1, 0.15) is 33.9 Å². The van der Waals surface area contributed by atoms with Crippen molar-refractivity contribution in [1.29, 1.82) is 5.26 Å². The first-order valence-electron chi connectivity index (χ1n) is 7.26. The topological polar surface area (TPSA) is 62.1 Å². The van der Waals surface area contributed by atoms with Crippen LogP contribution in [0.2, 0.25) is 0 Å². The molecule has 2 aromatic carbocycles. The zero-order chi connectivity index (χ0) is 15.4. The predicted molar refractivity (Wildman–Crippen MR) is 82.5 cm³/mol. The number of hydrogen-bond donors (Lipinski definition) is 1. The monoisotopic (exact) mass is 292 g/mol. The quantitative estimate of drug-likeness (QED) is 0.946. The van der Waals surface area contributed by atoms with Crippen molar-refractivity contribution in [1.82, 2.24) is 5.32 Å². The molecule has 3 rings (SSSR count). The summed E-state index contributed by atoms with van der Waals surface area (Å²) in [7, 11) is 0. The second-order valence-corrected chi connectivity index (χ2v) is 5.23. The van der Waals surface area contributed by atoms with Crippen molar-refractivity contribution >= 4 is 5.91 Å². The largest absolute Gasteiger partial charge is 0.493 e. The fourth-order valence-corrected chi connectivity index (χ4v) is 2.60. The number of fused-ring (bicyclic) bond motifs is 1. The predicted octanol–water partition coefficient (Wildman–Crippen LogP) is 3.01. The molecular weight excluding hydrogens is 276 g/mol. The Morgan fingerprint density at radius 1 is 1.23 bits per heavy atom. The van der Waals surface area contributed by atoms with E-state index in [2.05, 4.69) is 11.4 Å². The number of rotatable bonds is 3. The van der Waals surface area contributed by atoms with Gasteiger partial charge in [-0.25, -0.2) is 0 Å². The first-order chi connectivity index (χ1) is 10.8. The van der Waals surface area contributed by atoms with Crippen LogP contribution in [0.4, 0.5) is 0 Å². The Hall–Kier alpha value is -2.80. The molecule has 0 aromatic heterocycles. The van der Waals surface area contributed by atoms with E-state index in [1.807, 2.05) is 36.4 Å². The molecule has 1 heterocycles. The normalized spacial score (nSPS) is 16.0. The lowest BCUT2D eigenvalue weighted by molar-refractivity contribution is 0.0925. The first kappa shape index (κ1) is 14.2. The van der Waals surface area contributed by atoms with Crippen LogP contribution in [0.5, 0.6) is 5.75 Å². The fraction of sp³-hybridized carbons (Fsp3) is 0.222. The lowest BCUT2D eigenvalue weighted by atomic mass is 10.00. The number of amides is 1. The van der Waals surface area contributed by atoms with E-state index in [-0.39, 0.29) is 11.9 Å². The number of benzene rings is 2. The number of nitrogens with zero attached hydrogens (tertiary/aromatic N) is 1. The third kappa shape index (κ3) is 2.94. The van der Waals surface area contributed by atoms with Gasteiger partial charge in [0.05, 0.1) is 25.1 Å². The highest BCUT2D eigenvalue weighted by Gasteiger charge is 2.22. The van der Waals surface area contributed by atoms with Crippen LogP contribution in [0.25, 0.3) is 0 Å². The van der Waals surface area contributed by atoms with E-state index in [0.717, 1.165) is 23.3 Å². The molecule has 0 saturated heterocycles. The van der Waals surface area contributed by atoms with Crippen LogP contribution in [0.15, 0.2) is 48.5 Å². The summed E-state index contributed by atoms with van der Waals surface area (Å²) in [4.78, 5) is 12.4. The molecule has 2 aromatic rings. The highest BCUT2D eigenvalue weighted by Crippen LogP contribution is 2.31. The summed E-state index contributed by atoms with van der Waals surface area (Å²) >= 11 is 0. The van der Waals surface area contributed by atoms with Crippen molar-refractivity contribution in [2.75, 3.05) is 6.61 Å². The molecule has 0 bridgehead atoms. The molecular formula is C18H16N2O2.